The van der Waals surface area contributed by atoms with Crippen LogP contribution in [0.4, 0.5) is 4.39 Å². The molecular weight excluding hydrogens is 301 g/mol. The van der Waals surface area contributed by atoms with Crippen LogP contribution in [0.1, 0.15) is 29.3 Å². The molecule has 0 aliphatic carbocycles. The molecule has 0 spiro atoms. The monoisotopic (exact) mass is 317 g/mol. The third-order valence-corrected chi connectivity index (χ3v) is 5.34. The molecule has 8 heteroatoms. The molecule has 1 aliphatic rings. The highest BCUT2D eigenvalue weighted by Crippen LogP contribution is 2.28. The van der Waals surface area contributed by atoms with Gasteiger partial charge in [0.05, 0.1) is 16.1 Å². The van der Waals surface area contributed by atoms with Crippen molar-refractivity contribution in [3.63, 3.8) is 0 Å². The van der Waals surface area contributed by atoms with Crippen molar-refractivity contribution in [2.45, 2.75) is 30.8 Å². The number of halogens is 1. The standard InChI is InChI=1S/C13H16FNO5S/c1-8-5-9(6-10(11(8)14)12(16)17)21(19,20)15-4-3-13(2,18)7-15/h5-6,18H,3-4,7H2,1-2H3,(H,16,17). The minimum Gasteiger partial charge on any atom is -0.478 e. The van der Waals surface area contributed by atoms with E-state index in [1.54, 1.807) is 0 Å². The summed E-state index contributed by atoms with van der Waals surface area (Å²) in [5, 5.41) is 18.8. The van der Waals surface area contributed by atoms with Crippen molar-refractivity contribution < 1.29 is 27.8 Å². The van der Waals surface area contributed by atoms with Gasteiger partial charge in [0.25, 0.3) is 0 Å². The number of sulfonamides is 1. The number of rotatable bonds is 3. The summed E-state index contributed by atoms with van der Waals surface area (Å²) in [7, 11) is -3.96. The van der Waals surface area contributed by atoms with Crippen molar-refractivity contribution in [2.75, 3.05) is 13.1 Å². The molecule has 0 aromatic heterocycles. The van der Waals surface area contributed by atoms with Crippen molar-refractivity contribution in [3.8, 4) is 0 Å². The fraction of sp³-hybridized carbons (Fsp3) is 0.462. The Bertz CT molecular complexity index is 699. The quantitative estimate of drug-likeness (QED) is 0.866. The first-order valence-electron chi connectivity index (χ1n) is 6.30. The second-order valence-electron chi connectivity index (χ2n) is 5.49. The van der Waals surface area contributed by atoms with Gasteiger partial charge in [-0.2, -0.15) is 4.31 Å². The number of aliphatic hydroxyl groups is 1. The Labute approximate surface area is 121 Å². The van der Waals surface area contributed by atoms with Crippen LogP contribution in [0.15, 0.2) is 17.0 Å². The molecule has 0 bridgehead atoms. The van der Waals surface area contributed by atoms with Crippen molar-refractivity contribution in [1.29, 1.82) is 0 Å². The number of carboxylic acids is 1. The molecule has 2 rings (SSSR count). The van der Waals surface area contributed by atoms with Gasteiger partial charge in [0, 0.05) is 13.1 Å². The van der Waals surface area contributed by atoms with E-state index in [2.05, 4.69) is 0 Å². The molecule has 116 valence electrons. The van der Waals surface area contributed by atoms with E-state index in [1.165, 1.54) is 13.8 Å². The van der Waals surface area contributed by atoms with Crippen LogP contribution in [0.25, 0.3) is 0 Å². The van der Waals surface area contributed by atoms with Crippen LogP contribution >= 0.6 is 0 Å². The highest BCUT2D eigenvalue weighted by molar-refractivity contribution is 7.89. The number of carbonyl (C=O) groups is 1. The van der Waals surface area contributed by atoms with Crippen LogP contribution in [-0.4, -0.2) is 47.6 Å². The van der Waals surface area contributed by atoms with Gasteiger partial charge in [-0.25, -0.2) is 17.6 Å². The zero-order valence-electron chi connectivity index (χ0n) is 11.6. The highest BCUT2D eigenvalue weighted by atomic mass is 32.2. The molecular formula is C13H16FNO5S. The number of benzene rings is 1. The second-order valence-corrected chi connectivity index (χ2v) is 7.43. The summed E-state index contributed by atoms with van der Waals surface area (Å²) in [6.45, 7) is 2.89. The minimum atomic E-state index is -3.96. The van der Waals surface area contributed by atoms with E-state index >= 15 is 0 Å². The summed E-state index contributed by atoms with van der Waals surface area (Å²) < 4.78 is 39.7. The van der Waals surface area contributed by atoms with Gasteiger partial charge >= 0.3 is 5.97 Å². The number of β-amino-alcohol motifs (C(OH)–C–C–N with tert-alkyl or cyclic N) is 1. The lowest BCUT2D eigenvalue weighted by atomic mass is 10.1. The van der Waals surface area contributed by atoms with Crippen LogP contribution in [0.3, 0.4) is 0 Å². The first kappa shape index (κ1) is 15.9. The molecule has 1 heterocycles. The number of aromatic carboxylic acids is 1. The lowest BCUT2D eigenvalue weighted by molar-refractivity contribution is 0.0690. The van der Waals surface area contributed by atoms with E-state index in [4.69, 9.17) is 5.11 Å². The normalized spacial score (nSPS) is 23.4. The molecule has 0 amide bonds. The average Bonchev–Trinajstić information content (AvgIpc) is 2.73. The summed E-state index contributed by atoms with van der Waals surface area (Å²) >= 11 is 0. The van der Waals surface area contributed by atoms with E-state index in [0.29, 0.717) is 0 Å². The Kier molecular flexibility index (Phi) is 3.81. The minimum absolute atomic E-state index is 0.0561. The maximum atomic E-state index is 13.7. The molecule has 1 aromatic carbocycles. The highest BCUT2D eigenvalue weighted by Gasteiger charge is 2.39. The maximum Gasteiger partial charge on any atom is 0.338 e. The second kappa shape index (κ2) is 5.04. The SMILES string of the molecule is Cc1cc(S(=O)(=O)N2CCC(C)(O)C2)cc(C(=O)O)c1F. The van der Waals surface area contributed by atoms with Crippen LogP contribution in [-0.2, 0) is 10.0 Å². The van der Waals surface area contributed by atoms with Crippen molar-refractivity contribution in [1.82, 2.24) is 4.31 Å². The first-order valence-corrected chi connectivity index (χ1v) is 7.74. The summed E-state index contributed by atoms with van der Waals surface area (Å²) in [5.41, 5.74) is -1.85. The molecule has 1 unspecified atom stereocenters. The van der Waals surface area contributed by atoms with Crippen LogP contribution in [0.2, 0.25) is 0 Å². The molecule has 1 atom stereocenters. The van der Waals surface area contributed by atoms with Gasteiger partial charge in [0.1, 0.15) is 5.82 Å². The number of hydrogen-bond acceptors (Lipinski definition) is 4. The van der Waals surface area contributed by atoms with E-state index < -0.39 is 33.0 Å². The number of aryl methyl sites for hydroxylation is 1. The Morgan fingerprint density at radius 1 is 1.43 bits per heavy atom. The fourth-order valence-corrected chi connectivity index (χ4v) is 3.97. The largest absolute Gasteiger partial charge is 0.478 e. The lowest BCUT2D eigenvalue weighted by Crippen LogP contribution is -2.34. The van der Waals surface area contributed by atoms with Crippen molar-refractivity contribution in [3.05, 3.63) is 29.1 Å². The fourth-order valence-electron chi connectivity index (χ4n) is 2.30. The molecule has 1 aliphatic heterocycles. The van der Waals surface area contributed by atoms with E-state index in [1.807, 2.05) is 0 Å². The summed E-state index contributed by atoms with van der Waals surface area (Å²) in [5.74, 6) is -2.48. The van der Waals surface area contributed by atoms with E-state index in [9.17, 15) is 22.7 Å². The molecule has 1 fully saturated rings. The number of hydrogen-bond donors (Lipinski definition) is 2. The first-order chi connectivity index (χ1) is 9.54. The Balaban J connectivity index is 2.49. The number of carboxylic acid groups (broad SMARTS) is 1. The number of nitrogens with zero attached hydrogens (tertiary/aromatic N) is 1. The lowest BCUT2D eigenvalue weighted by Gasteiger charge is -2.19. The van der Waals surface area contributed by atoms with Gasteiger partial charge in [0.15, 0.2) is 0 Å². The van der Waals surface area contributed by atoms with Crippen molar-refractivity contribution >= 4 is 16.0 Å². The smallest absolute Gasteiger partial charge is 0.338 e. The topological polar surface area (TPSA) is 94.9 Å². The predicted octanol–water partition coefficient (Wildman–Crippen LogP) is 0.978. The molecule has 21 heavy (non-hydrogen) atoms. The van der Waals surface area contributed by atoms with Crippen molar-refractivity contribution in [2.24, 2.45) is 0 Å². The van der Waals surface area contributed by atoms with Gasteiger partial charge < -0.3 is 10.2 Å². The molecule has 0 saturated carbocycles. The molecule has 2 N–H and O–H groups in total. The molecule has 0 radical (unpaired) electrons. The average molecular weight is 317 g/mol. The van der Waals surface area contributed by atoms with Crippen LogP contribution in [0, 0.1) is 12.7 Å². The Morgan fingerprint density at radius 2 is 2.05 bits per heavy atom. The molecule has 1 aromatic rings. The van der Waals surface area contributed by atoms with Gasteiger partial charge in [0.2, 0.25) is 10.0 Å². The van der Waals surface area contributed by atoms with Crippen LogP contribution in [0.5, 0.6) is 0 Å². The molecule has 1 saturated heterocycles. The Hall–Kier alpha value is -1.51. The van der Waals surface area contributed by atoms with Gasteiger partial charge in [-0.3, -0.25) is 0 Å². The summed E-state index contributed by atoms with van der Waals surface area (Å²) in [6, 6.07) is 1.91. The van der Waals surface area contributed by atoms with Gasteiger partial charge in [-0.05, 0) is 38.0 Å². The Morgan fingerprint density at radius 3 is 2.52 bits per heavy atom. The maximum absolute atomic E-state index is 13.7. The van der Waals surface area contributed by atoms with Gasteiger partial charge in [-0.15, -0.1) is 0 Å². The van der Waals surface area contributed by atoms with E-state index in [-0.39, 0.29) is 30.0 Å². The van der Waals surface area contributed by atoms with Crippen LogP contribution < -0.4 is 0 Å². The predicted molar refractivity (Wildman–Crippen MR) is 72.1 cm³/mol. The third-order valence-electron chi connectivity index (χ3n) is 3.51. The van der Waals surface area contributed by atoms with Gasteiger partial charge in [-0.1, -0.05) is 0 Å². The zero-order chi connectivity index (χ0) is 16.0. The molecule has 6 nitrogen and oxygen atoms in total. The zero-order valence-corrected chi connectivity index (χ0v) is 12.4. The van der Waals surface area contributed by atoms with E-state index in [0.717, 1.165) is 16.4 Å². The third kappa shape index (κ3) is 2.92. The summed E-state index contributed by atoms with van der Waals surface area (Å²) in [6.07, 6.45) is 0.290. The summed E-state index contributed by atoms with van der Waals surface area (Å²) in [4.78, 5) is 10.7.